The number of carbonyl (C=O) groups is 3. The van der Waals surface area contributed by atoms with E-state index in [-0.39, 0.29) is 47.2 Å². The summed E-state index contributed by atoms with van der Waals surface area (Å²) in [6.07, 6.45) is 6.28. The van der Waals surface area contributed by atoms with Gasteiger partial charge in [-0.05, 0) is 50.3 Å². The van der Waals surface area contributed by atoms with Crippen LogP contribution in [-0.4, -0.2) is 63.9 Å². The molecular weight excluding hydrogens is 627 g/mol. The molecule has 1 saturated heterocycles. The largest absolute Gasteiger partial charge is 0.393 e. The van der Waals surface area contributed by atoms with Gasteiger partial charge in [-0.25, -0.2) is 4.98 Å². The summed E-state index contributed by atoms with van der Waals surface area (Å²) in [7, 11) is 1.96. The number of aromatic nitrogens is 3. The number of aldehydes is 1. The minimum absolute atomic E-state index is 0.0314. The Kier molecular flexibility index (Phi) is 8.57. The highest BCUT2D eigenvalue weighted by atomic mass is 19.1. The standard InChI is InChI=1S/C35H41FN10O3/c1-3-27-32-29(33(36)43-46(32)23-16-45(17-23)15-21-6-4-7-22(18-47)39-21)24-8-5-9-25(31(24)44(27)2)41-26(30(38)35(49)40-20-12-13-20)14-28(37)42-34(48)19-10-11-19/h4-9,14,18-20,23,27,41H,3,10-13,15-17,37-38H2,1-2H3,(H,40,49)(H,42,48)/b28-14+,30-26+. The molecule has 1 atom stereocenters. The van der Waals surface area contributed by atoms with Crippen LogP contribution in [-0.2, 0) is 16.1 Å². The van der Waals surface area contributed by atoms with Gasteiger partial charge in [0, 0.05) is 50.3 Å². The minimum Gasteiger partial charge on any atom is -0.393 e. The van der Waals surface area contributed by atoms with Gasteiger partial charge < -0.3 is 32.3 Å². The van der Waals surface area contributed by atoms with Gasteiger partial charge >= 0.3 is 0 Å². The number of nitrogens with one attached hydrogen (secondary N) is 3. The van der Waals surface area contributed by atoms with Crippen LogP contribution in [0.3, 0.4) is 0 Å². The highest BCUT2D eigenvalue weighted by molar-refractivity contribution is 5.96. The molecule has 3 fully saturated rings. The molecule has 2 aromatic heterocycles. The van der Waals surface area contributed by atoms with Crippen LogP contribution >= 0.6 is 0 Å². The molecule has 256 valence electrons. The summed E-state index contributed by atoms with van der Waals surface area (Å²) in [5, 5.41) is 13.4. The van der Waals surface area contributed by atoms with Crippen molar-refractivity contribution in [2.24, 2.45) is 17.4 Å². The van der Waals surface area contributed by atoms with Crippen molar-refractivity contribution in [2.45, 2.75) is 63.7 Å². The van der Waals surface area contributed by atoms with E-state index in [4.69, 9.17) is 11.5 Å². The van der Waals surface area contributed by atoms with Gasteiger partial charge in [0.05, 0.1) is 46.1 Å². The molecule has 2 aliphatic heterocycles. The van der Waals surface area contributed by atoms with E-state index in [0.717, 1.165) is 49.0 Å². The summed E-state index contributed by atoms with van der Waals surface area (Å²) >= 11 is 0. The molecule has 0 bridgehead atoms. The number of allylic oxidation sites excluding steroid dienone is 1. The molecule has 49 heavy (non-hydrogen) atoms. The van der Waals surface area contributed by atoms with E-state index in [1.165, 1.54) is 6.08 Å². The second-order valence-electron chi connectivity index (χ2n) is 13.3. The molecule has 1 aromatic carbocycles. The van der Waals surface area contributed by atoms with Gasteiger partial charge in [0.15, 0.2) is 6.29 Å². The Bertz CT molecular complexity index is 1870. The van der Waals surface area contributed by atoms with Crippen molar-refractivity contribution >= 4 is 29.5 Å². The summed E-state index contributed by atoms with van der Waals surface area (Å²) in [6.45, 7) is 3.96. The van der Waals surface area contributed by atoms with Gasteiger partial charge in [0.2, 0.25) is 11.9 Å². The number of benzene rings is 1. The van der Waals surface area contributed by atoms with Crippen molar-refractivity contribution in [3.05, 3.63) is 82.7 Å². The number of halogens is 1. The number of hydrogen-bond donors (Lipinski definition) is 5. The molecule has 13 nitrogen and oxygen atoms in total. The maximum absolute atomic E-state index is 16.0. The van der Waals surface area contributed by atoms with E-state index in [0.29, 0.717) is 48.6 Å². The van der Waals surface area contributed by atoms with E-state index in [2.05, 4.69) is 42.8 Å². The van der Waals surface area contributed by atoms with Crippen LogP contribution in [0.1, 0.15) is 73.0 Å². The normalized spacial score (nSPS) is 19.7. The predicted octanol–water partition coefficient (Wildman–Crippen LogP) is 3.04. The van der Waals surface area contributed by atoms with Gasteiger partial charge in [-0.15, -0.1) is 5.10 Å². The van der Waals surface area contributed by atoms with Gasteiger partial charge in [-0.3, -0.25) is 24.0 Å². The molecule has 2 saturated carbocycles. The highest BCUT2D eigenvalue weighted by Crippen LogP contribution is 2.50. The Balaban J connectivity index is 1.19. The van der Waals surface area contributed by atoms with E-state index in [1.54, 1.807) is 6.07 Å². The third-order valence-electron chi connectivity index (χ3n) is 9.58. The molecule has 0 radical (unpaired) electrons. The molecule has 2 aliphatic carbocycles. The highest BCUT2D eigenvalue weighted by Gasteiger charge is 2.40. The predicted molar refractivity (Wildman–Crippen MR) is 182 cm³/mol. The summed E-state index contributed by atoms with van der Waals surface area (Å²) in [6, 6.07) is 10.7. The summed E-state index contributed by atoms with van der Waals surface area (Å²) in [5.41, 5.74) is 17.2. The molecule has 4 heterocycles. The molecule has 7 rings (SSSR count). The van der Waals surface area contributed by atoms with Crippen molar-refractivity contribution in [3.8, 4) is 11.1 Å². The number of fused-ring (bicyclic) bond motifs is 3. The number of likely N-dealkylation sites (tertiary alicyclic amines) is 1. The van der Waals surface area contributed by atoms with Gasteiger partial charge in [-0.2, -0.15) is 4.39 Å². The number of nitrogens with zero attached hydrogens (tertiary/aromatic N) is 5. The van der Waals surface area contributed by atoms with E-state index in [1.807, 2.05) is 42.1 Å². The number of pyridine rings is 1. The van der Waals surface area contributed by atoms with Crippen molar-refractivity contribution in [1.82, 2.24) is 30.3 Å². The molecule has 0 spiro atoms. The number of rotatable bonds is 12. The number of nitrogens with two attached hydrogens (primary N) is 2. The number of hydrogen-bond acceptors (Lipinski definition) is 10. The second-order valence-corrected chi connectivity index (χ2v) is 13.3. The van der Waals surface area contributed by atoms with E-state index in [9.17, 15) is 14.4 Å². The van der Waals surface area contributed by atoms with Crippen LogP contribution in [0.2, 0.25) is 0 Å². The molecule has 7 N–H and O–H groups in total. The lowest BCUT2D eigenvalue weighted by Crippen LogP contribution is -2.48. The quantitative estimate of drug-likeness (QED) is 0.110. The Morgan fingerprint density at radius 3 is 2.53 bits per heavy atom. The fraction of sp³-hybridized carbons (Fsp3) is 0.400. The first-order valence-electron chi connectivity index (χ1n) is 16.8. The molecular formula is C35H41FN10O3. The lowest BCUT2D eigenvalue weighted by atomic mass is 9.91. The van der Waals surface area contributed by atoms with Crippen LogP contribution in [0.4, 0.5) is 15.8 Å². The van der Waals surface area contributed by atoms with Gasteiger partial charge in [0.25, 0.3) is 5.91 Å². The Hall–Kier alpha value is -5.24. The van der Waals surface area contributed by atoms with Crippen LogP contribution in [0, 0.1) is 11.9 Å². The monoisotopic (exact) mass is 668 g/mol. The van der Waals surface area contributed by atoms with Gasteiger partial charge in [-0.1, -0.05) is 25.1 Å². The minimum atomic E-state index is -0.551. The zero-order valence-corrected chi connectivity index (χ0v) is 27.6. The van der Waals surface area contributed by atoms with Crippen LogP contribution in [0.5, 0.6) is 0 Å². The zero-order valence-electron chi connectivity index (χ0n) is 27.6. The number of amides is 2. The second kappa shape index (κ2) is 13.0. The summed E-state index contributed by atoms with van der Waals surface area (Å²) in [5.74, 6) is -1.17. The van der Waals surface area contributed by atoms with Crippen molar-refractivity contribution in [1.29, 1.82) is 0 Å². The molecule has 14 heteroatoms. The summed E-state index contributed by atoms with van der Waals surface area (Å²) < 4.78 is 17.8. The number of anilines is 2. The van der Waals surface area contributed by atoms with Crippen molar-refractivity contribution in [2.75, 3.05) is 30.4 Å². The van der Waals surface area contributed by atoms with Crippen LogP contribution < -0.4 is 32.3 Å². The van der Waals surface area contributed by atoms with Crippen molar-refractivity contribution < 1.29 is 18.8 Å². The molecule has 1 unspecified atom stereocenters. The SMILES string of the molecule is CCC1c2c(c(F)nn2C2CN(Cc3cccc(C=O)n3)C2)-c2cccc(NC(/C=C(\N)NC(=O)C3CC3)=C(/N)C(=O)NC3CC3)c2N1C. The van der Waals surface area contributed by atoms with Gasteiger partial charge in [0.1, 0.15) is 17.2 Å². The fourth-order valence-corrected chi connectivity index (χ4v) is 6.73. The van der Waals surface area contributed by atoms with Crippen LogP contribution in [0.15, 0.2) is 59.7 Å². The average Bonchev–Trinajstić information content (AvgIpc) is 4.01. The topological polar surface area (TPSA) is 177 Å². The first-order chi connectivity index (χ1) is 23.6. The van der Waals surface area contributed by atoms with E-state index < -0.39 is 11.9 Å². The summed E-state index contributed by atoms with van der Waals surface area (Å²) in [4.78, 5) is 45.3. The molecule has 3 aromatic rings. The van der Waals surface area contributed by atoms with E-state index >= 15 is 4.39 Å². The first kappa shape index (κ1) is 32.3. The lowest BCUT2D eigenvalue weighted by Gasteiger charge is -2.42. The Morgan fingerprint density at radius 2 is 1.84 bits per heavy atom. The van der Waals surface area contributed by atoms with Crippen molar-refractivity contribution in [3.63, 3.8) is 0 Å². The average molecular weight is 669 g/mol. The number of para-hydroxylation sites is 1. The maximum Gasteiger partial charge on any atom is 0.269 e. The maximum atomic E-state index is 16.0. The smallest absolute Gasteiger partial charge is 0.269 e. The number of carbonyl (C=O) groups excluding carboxylic acids is 3. The zero-order chi connectivity index (χ0) is 34.4. The fourth-order valence-electron chi connectivity index (χ4n) is 6.73. The first-order valence-corrected chi connectivity index (χ1v) is 16.8. The third kappa shape index (κ3) is 6.47. The molecule has 2 amide bonds. The Morgan fingerprint density at radius 1 is 1.08 bits per heavy atom. The van der Waals surface area contributed by atoms with Crippen LogP contribution in [0.25, 0.3) is 11.1 Å². The molecule has 4 aliphatic rings. The third-order valence-corrected chi connectivity index (χ3v) is 9.58. The Labute approximate surface area is 283 Å². The lowest BCUT2D eigenvalue weighted by molar-refractivity contribution is -0.121.